The number of ether oxygens (including phenoxy) is 2. The van der Waals surface area contributed by atoms with E-state index in [1.54, 1.807) is 24.3 Å². The van der Waals surface area contributed by atoms with E-state index < -0.39 is 0 Å². The van der Waals surface area contributed by atoms with Crippen molar-refractivity contribution < 1.29 is 14.3 Å². The summed E-state index contributed by atoms with van der Waals surface area (Å²) in [5, 5.41) is 14.1. The van der Waals surface area contributed by atoms with Crippen LogP contribution in [-0.4, -0.2) is 24.7 Å². The Morgan fingerprint density at radius 3 is 2.85 bits per heavy atom. The number of nitriles is 1. The van der Waals surface area contributed by atoms with E-state index in [1.165, 1.54) is 7.11 Å². The molecule has 1 saturated heterocycles. The third-order valence-corrected chi connectivity index (χ3v) is 2.73. The number of nitrogens with zero attached hydrogens (tertiary/aromatic N) is 1. The van der Waals surface area contributed by atoms with E-state index in [0.29, 0.717) is 22.8 Å². The van der Waals surface area contributed by atoms with Gasteiger partial charge in [0.1, 0.15) is 11.8 Å². The van der Waals surface area contributed by atoms with Crippen LogP contribution in [0.2, 0.25) is 0 Å². The molecule has 6 nitrogen and oxygen atoms in total. The highest BCUT2D eigenvalue weighted by Gasteiger charge is 2.21. The second-order valence-corrected chi connectivity index (χ2v) is 4.20. The number of methoxy groups -OCH3 is 1. The number of benzene rings is 1. The zero-order valence-electron chi connectivity index (χ0n) is 10.6. The van der Waals surface area contributed by atoms with Crippen molar-refractivity contribution in [3.05, 3.63) is 29.5 Å². The van der Waals surface area contributed by atoms with Gasteiger partial charge in [-0.2, -0.15) is 5.26 Å². The molecule has 20 heavy (non-hydrogen) atoms. The lowest BCUT2D eigenvalue weighted by molar-refractivity contribution is -0.115. The van der Waals surface area contributed by atoms with Crippen molar-refractivity contribution >= 4 is 29.3 Å². The van der Waals surface area contributed by atoms with Crippen LogP contribution in [0.1, 0.15) is 5.56 Å². The van der Waals surface area contributed by atoms with Crippen LogP contribution in [0.4, 0.5) is 0 Å². The average Bonchev–Trinajstić information content (AvgIpc) is 2.75. The first-order chi connectivity index (χ1) is 9.65. The second-order valence-electron chi connectivity index (χ2n) is 3.79. The highest BCUT2D eigenvalue weighted by Crippen LogP contribution is 2.32. The summed E-state index contributed by atoms with van der Waals surface area (Å²) in [4.78, 5) is 11.6. The molecule has 1 aliphatic heterocycles. The summed E-state index contributed by atoms with van der Waals surface area (Å²) in [5.74, 6) is 0.566. The fourth-order valence-electron chi connectivity index (χ4n) is 1.70. The second kappa shape index (κ2) is 6.04. The number of hydrogen-bond donors (Lipinski definition) is 2. The molecule has 1 aromatic rings. The molecule has 1 aromatic carbocycles. The number of carbonyl (C=O) groups excluding carboxylic acids is 1. The van der Waals surface area contributed by atoms with Gasteiger partial charge in [0.15, 0.2) is 23.2 Å². The summed E-state index contributed by atoms with van der Waals surface area (Å²) in [6.07, 6.45) is 1.59. The third kappa shape index (κ3) is 2.87. The molecule has 0 spiro atoms. The molecule has 2 rings (SSSR count). The lowest BCUT2D eigenvalue weighted by Crippen LogP contribution is -2.21. The molecule has 0 aliphatic carbocycles. The molecule has 0 unspecified atom stereocenters. The van der Waals surface area contributed by atoms with Gasteiger partial charge in [-0.1, -0.05) is 12.1 Å². The summed E-state index contributed by atoms with van der Waals surface area (Å²) in [6, 6.07) is 7.11. The molecule has 7 heteroatoms. The van der Waals surface area contributed by atoms with E-state index >= 15 is 0 Å². The van der Waals surface area contributed by atoms with Gasteiger partial charge in [-0.15, -0.1) is 0 Å². The van der Waals surface area contributed by atoms with Crippen LogP contribution in [0.15, 0.2) is 23.9 Å². The molecular formula is C13H11N3O3S. The zero-order valence-corrected chi connectivity index (χ0v) is 11.4. The fourth-order valence-corrected chi connectivity index (χ4v) is 1.91. The Labute approximate surface area is 121 Å². The Morgan fingerprint density at radius 1 is 1.45 bits per heavy atom. The van der Waals surface area contributed by atoms with E-state index in [2.05, 4.69) is 10.6 Å². The molecule has 2 N–H and O–H groups in total. The highest BCUT2D eigenvalue weighted by atomic mass is 32.1. The third-order valence-electron chi connectivity index (χ3n) is 2.53. The first-order valence-corrected chi connectivity index (χ1v) is 6.07. The van der Waals surface area contributed by atoms with E-state index in [9.17, 15) is 4.79 Å². The van der Waals surface area contributed by atoms with E-state index in [-0.39, 0.29) is 17.6 Å². The Balaban J connectivity index is 2.41. The zero-order chi connectivity index (χ0) is 14.5. The molecule has 102 valence electrons. The van der Waals surface area contributed by atoms with Crippen molar-refractivity contribution in [2.24, 2.45) is 0 Å². The molecule has 1 amide bonds. The average molecular weight is 289 g/mol. The van der Waals surface area contributed by atoms with Gasteiger partial charge in [-0.05, 0) is 24.4 Å². The van der Waals surface area contributed by atoms with Crippen LogP contribution in [-0.2, 0) is 4.79 Å². The fraction of sp³-hybridized carbons (Fsp3) is 0.154. The van der Waals surface area contributed by atoms with Crippen LogP contribution in [0.25, 0.3) is 6.08 Å². The summed E-state index contributed by atoms with van der Waals surface area (Å²) >= 11 is 4.86. The summed E-state index contributed by atoms with van der Waals surface area (Å²) in [5.41, 5.74) is 0.923. The van der Waals surface area contributed by atoms with Gasteiger partial charge in [0.05, 0.1) is 7.11 Å². The van der Waals surface area contributed by atoms with Gasteiger partial charge in [0.2, 0.25) is 0 Å². The van der Waals surface area contributed by atoms with E-state index in [1.807, 2.05) is 6.07 Å². The maximum Gasteiger partial charge on any atom is 0.273 e. The quantitative estimate of drug-likeness (QED) is 0.634. The number of carbonyl (C=O) groups is 1. The number of amides is 1. The lowest BCUT2D eigenvalue weighted by Gasteiger charge is -2.11. The molecule has 0 saturated carbocycles. The van der Waals surface area contributed by atoms with E-state index in [0.717, 1.165) is 0 Å². The Bertz CT molecular complexity index is 634. The van der Waals surface area contributed by atoms with Crippen molar-refractivity contribution in [3.8, 4) is 17.6 Å². The molecule has 1 aliphatic rings. The topological polar surface area (TPSA) is 83.4 Å². The van der Waals surface area contributed by atoms with Crippen LogP contribution < -0.4 is 20.1 Å². The van der Waals surface area contributed by atoms with Crippen LogP contribution in [0.5, 0.6) is 11.5 Å². The summed E-state index contributed by atoms with van der Waals surface area (Å²) < 4.78 is 10.5. The van der Waals surface area contributed by atoms with Gasteiger partial charge >= 0.3 is 0 Å². The number of para-hydroxylation sites is 1. The summed E-state index contributed by atoms with van der Waals surface area (Å²) in [7, 11) is 1.50. The number of rotatable bonds is 4. The molecule has 0 radical (unpaired) electrons. The predicted molar refractivity (Wildman–Crippen MR) is 76.0 cm³/mol. The lowest BCUT2D eigenvalue weighted by atomic mass is 10.1. The van der Waals surface area contributed by atoms with E-state index in [4.69, 9.17) is 27.0 Å². The Morgan fingerprint density at radius 2 is 2.25 bits per heavy atom. The van der Waals surface area contributed by atoms with Crippen molar-refractivity contribution in [2.75, 3.05) is 13.7 Å². The minimum atomic E-state index is -0.316. The van der Waals surface area contributed by atoms with Crippen molar-refractivity contribution in [2.45, 2.75) is 0 Å². The first-order valence-electron chi connectivity index (χ1n) is 5.66. The monoisotopic (exact) mass is 289 g/mol. The number of thiocarbonyl (C=S) groups is 1. The van der Waals surface area contributed by atoms with Crippen LogP contribution in [0, 0.1) is 11.3 Å². The maximum atomic E-state index is 11.6. The standard InChI is InChI=1S/C13H11N3O3S/c1-18-10-4-2-3-8(11(10)19-6-5-14)7-9-12(17)16-13(20)15-9/h2-4,7H,6H2,1H3,(H2,15,16,17,20)/b9-7+. The molecule has 0 aromatic heterocycles. The van der Waals surface area contributed by atoms with Gasteiger partial charge < -0.3 is 14.8 Å². The smallest absolute Gasteiger partial charge is 0.273 e. The SMILES string of the molecule is COc1cccc(/C=C2/NC(=S)NC2=O)c1OCC#N. The summed E-state index contributed by atoms with van der Waals surface area (Å²) in [6.45, 7) is -0.116. The van der Waals surface area contributed by atoms with Crippen LogP contribution in [0.3, 0.4) is 0 Å². The normalized spacial score (nSPS) is 15.5. The van der Waals surface area contributed by atoms with Crippen molar-refractivity contribution in [1.82, 2.24) is 10.6 Å². The number of nitrogens with one attached hydrogen (secondary N) is 2. The maximum absolute atomic E-state index is 11.6. The van der Waals surface area contributed by atoms with Crippen LogP contribution >= 0.6 is 12.2 Å². The highest BCUT2D eigenvalue weighted by molar-refractivity contribution is 7.80. The van der Waals surface area contributed by atoms with Gasteiger partial charge in [-0.3, -0.25) is 10.1 Å². The Kier molecular flexibility index (Phi) is 4.17. The molecule has 0 bridgehead atoms. The van der Waals surface area contributed by atoms with Crippen molar-refractivity contribution in [3.63, 3.8) is 0 Å². The van der Waals surface area contributed by atoms with Crippen molar-refractivity contribution in [1.29, 1.82) is 5.26 Å². The largest absolute Gasteiger partial charge is 0.493 e. The number of hydrogen-bond acceptors (Lipinski definition) is 5. The van der Waals surface area contributed by atoms with Gasteiger partial charge in [0.25, 0.3) is 5.91 Å². The molecule has 0 atom stereocenters. The predicted octanol–water partition coefficient (Wildman–Crippen LogP) is 0.943. The van der Waals surface area contributed by atoms with Gasteiger partial charge in [-0.25, -0.2) is 0 Å². The minimum absolute atomic E-state index is 0.116. The molecule has 1 heterocycles. The Hall–Kier alpha value is -2.59. The minimum Gasteiger partial charge on any atom is -0.493 e. The first kappa shape index (κ1) is 13.8. The van der Waals surface area contributed by atoms with Gasteiger partial charge in [0, 0.05) is 5.56 Å². The molecular weight excluding hydrogens is 278 g/mol. The molecule has 1 fully saturated rings.